The highest BCUT2D eigenvalue weighted by atomic mass is 16.5. The molecule has 0 N–H and O–H groups in total. The highest BCUT2D eigenvalue weighted by Crippen LogP contribution is 2.30. The predicted molar refractivity (Wildman–Crippen MR) is 160 cm³/mol. The molecule has 39 heavy (non-hydrogen) atoms. The number of esters is 1. The fourth-order valence-corrected chi connectivity index (χ4v) is 4.77. The van der Waals surface area contributed by atoms with E-state index in [0.29, 0.717) is 11.3 Å². The van der Waals surface area contributed by atoms with Crippen LogP contribution in [-0.4, -0.2) is 12.6 Å². The van der Waals surface area contributed by atoms with Gasteiger partial charge in [-0.3, -0.25) is 0 Å². The van der Waals surface area contributed by atoms with Crippen LogP contribution in [0.25, 0.3) is 11.1 Å². The minimum Gasteiger partial charge on any atom is -0.494 e. The number of ether oxygens (including phenoxy) is 2. The molecule has 0 spiro atoms. The highest BCUT2D eigenvalue weighted by Gasteiger charge is 2.19. The Morgan fingerprint density at radius 2 is 1.05 bits per heavy atom. The Labute approximate surface area is 235 Å². The largest absolute Gasteiger partial charge is 0.494 e. The number of hydrogen-bond acceptors (Lipinski definition) is 3. The lowest BCUT2D eigenvalue weighted by Crippen LogP contribution is -2.08. The number of carbonyl (C=O) groups is 1. The first kappa shape index (κ1) is 28.9. The van der Waals surface area contributed by atoms with Crippen molar-refractivity contribution in [3.8, 4) is 22.6 Å². The number of hydrogen-bond donors (Lipinski definition) is 0. The van der Waals surface area contributed by atoms with E-state index in [1.165, 1.54) is 57.8 Å². The lowest BCUT2D eigenvalue weighted by Gasteiger charge is -2.10. The van der Waals surface area contributed by atoms with Gasteiger partial charge in [0, 0.05) is 5.92 Å². The molecule has 4 rings (SSSR count). The summed E-state index contributed by atoms with van der Waals surface area (Å²) in [6.07, 6.45) is 21.4. The zero-order valence-electron chi connectivity index (χ0n) is 23.2. The third-order valence-corrected chi connectivity index (χ3v) is 7.14. The monoisotopic (exact) mass is 521 g/mol. The normalized spacial score (nSPS) is 13.5. The molecule has 0 aliphatic heterocycles. The molecule has 1 aliphatic carbocycles. The Kier molecular flexibility index (Phi) is 12.0. The number of benzene rings is 3. The molecule has 0 amide bonds. The Morgan fingerprint density at radius 1 is 0.564 bits per heavy atom. The SMILES string of the molecule is CCCCCCCCCCCCOc1ccc(-c2ccc(OC(=O)c3ccc([C]4[CH][CH][CH][CH]4)cc3)cc2)cc1. The summed E-state index contributed by atoms with van der Waals surface area (Å²) >= 11 is 0. The number of carbonyl (C=O) groups excluding carboxylic acids is 1. The maximum atomic E-state index is 12.6. The van der Waals surface area contributed by atoms with Crippen molar-refractivity contribution < 1.29 is 14.3 Å². The Balaban J connectivity index is 1.15. The third kappa shape index (κ3) is 9.56. The maximum absolute atomic E-state index is 12.6. The summed E-state index contributed by atoms with van der Waals surface area (Å²) in [5.41, 5.74) is 3.77. The molecule has 0 heterocycles. The molecule has 203 valence electrons. The molecule has 1 aliphatic rings. The van der Waals surface area contributed by atoms with Gasteiger partial charge in [-0.05, 0) is 85.2 Å². The van der Waals surface area contributed by atoms with E-state index >= 15 is 0 Å². The first-order valence-electron chi connectivity index (χ1n) is 14.6. The molecule has 3 aromatic rings. The van der Waals surface area contributed by atoms with Crippen LogP contribution in [0.4, 0.5) is 0 Å². The van der Waals surface area contributed by atoms with Crippen molar-refractivity contribution in [3.63, 3.8) is 0 Å². The summed E-state index contributed by atoms with van der Waals surface area (Å²) in [6.45, 7) is 3.04. The maximum Gasteiger partial charge on any atom is 0.343 e. The fraction of sp³-hybridized carbons (Fsp3) is 0.333. The third-order valence-electron chi connectivity index (χ3n) is 7.14. The zero-order valence-corrected chi connectivity index (χ0v) is 23.2. The van der Waals surface area contributed by atoms with Gasteiger partial charge in [0.15, 0.2) is 0 Å². The van der Waals surface area contributed by atoms with Crippen molar-refractivity contribution in [1.29, 1.82) is 0 Å². The van der Waals surface area contributed by atoms with Crippen molar-refractivity contribution in [2.45, 2.75) is 71.1 Å². The second-order valence-corrected chi connectivity index (χ2v) is 10.2. The standard InChI is InChI=1S/C36H41O3/c1-2-3-4-5-6-7-8-9-10-13-28-38-34-24-20-31(21-25-34)32-22-26-35(27-23-32)39-36(37)33-18-16-30(17-19-33)29-14-11-12-15-29/h11-12,14-27H,2-10,13,28H2,1H3. The van der Waals surface area contributed by atoms with Crippen LogP contribution in [0.1, 0.15) is 87.1 Å². The van der Waals surface area contributed by atoms with Gasteiger partial charge in [0.1, 0.15) is 11.5 Å². The zero-order chi connectivity index (χ0) is 27.1. The molecule has 1 fully saturated rings. The lowest BCUT2D eigenvalue weighted by atomic mass is 9.97. The van der Waals surface area contributed by atoms with Crippen LogP contribution >= 0.6 is 0 Å². The molecule has 0 aromatic heterocycles. The first-order chi connectivity index (χ1) is 19.2. The second kappa shape index (κ2) is 16.1. The molecule has 3 aromatic carbocycles. The van der Waals surface area contributed by atoms with E-state index in [-0.39, 0.29) is 5.97 Å². The predicted octanol–water partition coefficient (Wildman–Crippen LogP) is 9.63. The summed E-state index contributed by atoms with van der Waals surface area (Å²) < 4.78 is 11.5. The Morgan fingerprint density at radius 3 is 1.62 bits per heavy atom. The topological polar surface area (TPSA) is 35.5 Å². The van der Waals surface area contributed by atoms with Crippen LogP contribution < -0.4 is 9.47 Å². The van der Waals surface area contributed by atoms with Crippen molar-refractivity contribution in [1.82, 2.24) is 0 Å². The second-order valence-electron chi connectivity index (χ2n) is 10.2. The minimum atomic E-state index is -0.360. The molecule has 0 unspecified atom stereocenters. The van der Waals surface area contributed by atoms with Gasteiger partial charge < -0.3 is 9.47 Å². The van der Waals surface area contributed by atoms with E-state index in [1.54, 1.807) is 12.1 Å². The van der Waals surface area contributed by atoms with Crippen LogP contribution in [0.2, 0.25) is 0 Å². The summed E-state index contributed by atoms with van der Waals surface area (Å²) in [4.78, 5) is 12.6. The van der Waals surface area contributed by atoms with Gasteiger partial charge in [-0.15, -0.1) is 0 Å². The van der Waals surface area contributed by atoms with Gasteiger partial charge >= 0.3 is 5.97 Å². The van der Waals surface area contributed by atoms with Gasteiger partial charge in [0.05, 0.1) is 12.2 Å². The van der Waals surface area contributed by atoms with Crippen molar-refractivity contribution >= 4 is 5.97 Å². The molecule has 0 saturated heterocycles. The number of unbranched alkanes of at least 4 members (excludes halogenated alkanes) is 9. The fourth-order valence-electron chi connectivity index (χ4n) is 4.77. The average molecular weight is 522 g/mol. The molecule has 3 nitrogen and oxygen atoms in total. The van der Waals surface area contributed by atoms with Gasteiger partial charge in [0.25, 0.3) is 0 Å². The van der Waals surface area contributed by atoms with Crippen molar-refractivity contribution in [2.75, 3.05) is 6.61 Å². The summed E-state index contributed by atoms with van der Waals surface area (Å²) in [7, 11) is 0. The molecular weight excluding hydrogens is 480 g/mol. The van der Waals surface area contributed by atoms with Crippen LogP contribution in [0.3, 0.4) is 0 Å². The summed E-state index contributed by atoms with van der Waals surface area (Å²) in [6, 6.07) is 23.3. The molecule has 5 radical (unpaired) electrons. The van der Waals surface area contributed by atoms with Crippen molar-refractivity contribution in [2.24, 2.45) is 0 Å². The number of rotatable bonds is 16. The van der Waals surface area contributed by atoms with Gasteiger partial charge in [0.2, 0.25) is 0 Å². The highest BCUT2D eigenvalue weighted by molar-refractivity contribution is 5.91. The van der Waals surface area contributed by atoms with E-state index in [1.807, 2.05) is 61.4 Å². The average Bonchev–Trinajstić information content (AvgIpc) is 3.52. The molecule has 3 heteroatoms. The Hall–Kier alpha value is -3.07. The van der Waals surface area contributed by atoms with E-state index in [9.17, 15) is 4.79 Å². The quantitative estimate of drug-likeness (QED) is 0.107. The van der Waals surface area contributed by atoms with E-state index in [4.69, 9.17) is 9.47 Å². The van der Waals surface area contributed by atoms with Gasteiger partial charge in [-0.1, -0.05) is 101 Å². The Bertz CT molecular complexity index is 1090. The lowest BCUT2D eigenvalue weighted by molar-refractivity contribution is 0.0734. The smallest absolute Gasteiger partial charge is 0.343 e. The van der Waals surface area contributed by atoms with Gasteiger partial charge in [-0.2, -0.15) is 0 Å². The van der Waals surface area contributed by atoms with Crippen LogP contribution in [-0.2, 0) is 0 Å². The van der Waals surface area contributed by atoms with Crippen LogP contribution in [0.15, 0.2) is 72.8 Å². The minimum absolute atomic E-state index is 0.360. The summed E-state index contributed by atoms with van der Waals surface area (Å²) in [5, 5.41) is 0. The molecule has 1 saturated carbocycles. The van der Waals surface area contributed by atoms with E-state index in [2.05, 4.69) is 31.9 Å². The summed E-state index contributed by atoms with van der Waals surface area (Å²) in [5.74, 6) is 2.21. The van der Waals surface area contributed by atoms with Gasteiger partial charge in [-0.25, -0.2) is 4.79 Å². The molecule has 0 atom stereocenters. The van der Waals surface area contributed by atoms with E-state index in [0.717, 1.165) is 41.4 Å². The van der Waals surface area contributed by atoms with Crippen LogP contribution in [0, 0.1) is 31.6 Å². The van der Waals surface area contributed by atoms with E-state index < -0.39 is 0 Å². The van der Waals surface area contributed by atoms with Crippen LogP contribution in [0.5, 0.6) is 11.5 Å². The first-order valence-corrected chi connectivity index (χ1v) is 14.6. The molecular formula is C36H41O3. The van der Waals surface area contributed by atoms with Crippen molar-refractivity contribution in [3.05, 3.63) is 116 Å². The molecule has 0 bridgehead atoms.